The molecule has 0 spiro atoms. The van der Waals surface area contributed by atoms with Crippen molar-refractivity contribution in [3.05, 3.63) is 0 Å². The highest BCUT2D eigenvalue weighted by atomic mass is 28.3. The number of hydrogen-bond acceptors (Lipinski definition) is 3. The molecule has 0 saturated heterocycles. The number of hydrogen-bond donors (Lipinski definition) is 1. The average Bonchev–Trinajstić information content (AvgIpc) is 2.39. The monoisotopic (exact) mass is 259 g/mol. The fourth-order valence-electron chi connectivity index (χ4n) is 2.56. The molecule has 1 aliphatic rings. The Balaban J connectivity index is 1.86. The van der Waals surface area contributed by atoms with Gasteiger partial charge in [0.15, 0.2) is 0 Å². The van der Waals surface area contributed by atoms with E-state index in [0.717, 1.165) is 12.1 Å². The Morgan fingerprint density at radius 3 is 2.35 bits per heavy atom. The molecule has 0 amide bonds. The fourth-order valence-corrected chi connectivity index (χ4v) is 3.84. The molecular formula is C13H29NO2Si. The molecule has 0 aliphatic heterocycles. The van der Waals surface area contributed by atoms with E-state index in [1.165, 1.54) is 57.9 Å². The highest BCUT2D eigenvalue weighted by Gasteiger charge is 2.12. The van der Waals surface area contributed by atoms with E-state index in [1.807, 2.05) is 0 Å². The molecule has 1 aliphatic carbocycles. The average molecular weight is 259 g/mol. The molecule has 1 saturated carbocycles. The molecule has 0 radical (unpaired) electrons. The van der Waals surface area contributed by atoms with E-state index in [9.17, 15) is 0 Å². The van der Waals surface area contributed by atoms with Gasteiger partial charge in [0.1, 0.15) is 0 Å². The highest BCUT2D eigenvalue weighted by molar-refractivity contribution is 6.44. The Hall–Kier alpha value is 0.0969. The third-order valence-electron chi connectivity index (χ3n) is 3.68. The number of nitrogens with one attached hydrogen (secondary N) is 1. The van der Waals surface area contributed by atoms with E-state index in [4.69, 9.17) is 8.85 Å². The summed E-state index contributed by atoms with van der Waals surface area (Å²) in [7, 11) is 2.25. The molecule has 0 aromatic rings. The van der Waals surface area contributed by atoms with Crippen LogP contribution in [-0.4, -0.2) is 36.1 Å². The number of unbranched alkanes of at least 4 members (excludes halogenated alkanes) is 2. The second kappa shape index (κ2) is 10.1. The van der Waals surface area contributed by atoms with Gasteiger partial charge in [-0.15, -0.1) is 0 Å². The van der Waals surface area contributed by atoms with Gasteiger partial charge in [-0.25, -0.2) is 0 Å². The summed E-state index contributed by atoms with van der Waals surface area (Å²) in [6, 6.07) is 1.96. The van der Waals surface area contributed by atoms with E-state index in [2.05, 4.69) is 5.32 Å². The van der Waals surface area contributed by atoms with Crippen molar-refractivity contribution in [1.29, 1.82) is 0 Å². The predicted octanol–water partition coefficient (Wildman–Crippen LogP) is 2.59. The topological polar surface area (TPSA) is 30.5 Å². The van der Waals surface area contributed by atoms with Gasteiger partial charge < -0.3 is 14.2 Å². The Morgan fingerprint density at radius 1 is 1.00 bits per heavy atom. The maximum atomic E-state index is 5.30. The van der Waals surface area contributed by atoms with Gasteiger partial charge in [0.25, 0.3) is 0 Å². The Bertz CT molecular complexity index is 171. The predicted molar refractivity (Wildman–Crippen MR) is 74.7 cm³/mol. The van der Waals surface area contributed by atoms with Crippen LogP contribution >= 0.6 is 0 Å². The van der Waals surface area contributed by atoms with Crippen LogP contribution in [-0.2, 0) is 8.85 Å². The van der Waals surface area contributed by atoms with Gasteiger partial charge in [0, 0.05) is 20.3 Å². The van der Waals surface area contributed by atoms with Gasteiger partial charge in [-0.05, 0) is 31.9 Å². The first-order chi connectivity index (χ1) is 8.36. The van der Waals surface area contributed by atoms with Crippen molar-refractivity contribution in [3.63, 3.8) is 0 Å². The summed E-state index contributed by atoms with van der Waals surface area (Å²) >= 11 is 0. The Morgan fingerprint density at radius 2 is 1.71 bits per heavy atom. The van der Waals surface area contributed by atoms with Gasteiger partial charge >= 0.3 is 9.28 Å². The third kappa shape index (κ3) is 7.19. The van der Waals surface area contributed by atoms with Crippen LogP contribution in [0.5, 0.6) is 0 Å². The van der Waals surface area contributed by atoms with Crippen molar-refractivity contribution in [2.45, 2.75) is 63.5 Å². The van der Waals surface area contributed by atoms with Crippen molar-refractivity contribution in [2.24, 2.45) is 0 Å². The fraction of sp³-hybridized carbons (Fsp3) is 1.00. The SMILES string of the molecule is CO[SiH](CCCCCNC1CCCCC1)OC. The summed E-state index contributed by atoms with van der Waals surface area (Å²) in [6.45, 7) is 1.19. The van der Waals surface area contributed by atoms with Gasteiger partial charge in [-0.1, -0.05) is 32.1 Å². The molecule has 4 heteroatoms. The summed E-state index contributed by atoms with van der Waals surface area (Å²) in [4.78, 5) is 0. The first kappa shape index (κ1) is 15.2. The Kier molecular flexibility index (Phi) is 8.97. The lowest BCUT2D eigenvalue weighted by molar-refractivity contribution is 0.276. The largest absolute Gasteiger partial charge is 0.400 e. The molecule has 0 aromatic carbocycles. The maximum absolute atomic E-state index is 5.30. The molecule has 1 N–H and O–H groups in total. The van der Waals surface area contributed by atoms with Crippen LogP contribution in [0.4, 0.5) is 0 Å². The summed E-state index contributed by atoms with van der Waals surface area (Å²) < 4.78 is 10.6. The molecule has 0 bridgehead atoms. The normalized spacial score (nSPS) is 17.8. The minimum absolute atomic E-state index is 0.809. The van der Waals surface area contributed by atoms with Crippen LogP contribution in [0.3, 0.4) is 0 Å². The van der Waals surface area contributed by atoms with E-state index in [-0.39, 0.29) is 0 Å². The molecule has 0 unspecified atom stereocenters. The van der Waals surface area contributed by atoms with Crippen LogP contribution in [0.25, 0.3) is 0 Å². The van der Waals surface area contributed by atoms with Crippen LogP contribution in [0, 0.1) is 0 Å². The lowest BCUT2D eigenvalue weighted by atomic mass is 9.95. The van der Waals surface area contributed by atoms with Crippen molar-refractivity contribution in [3.8, 4) is 0 Å². The minimum Gasteiger partial charge on any atom is -0.400 e. The van der Waals surface area contributed by atoms with E-state index < -0.39 is 9.28 Å². The van der Waals surface area contributed by atoms with Crippen LogP contribution in [0.1, 0.15) is 51.4 Å². The van der Waals surface area contributed by atoms with E-state index in [1.54, 1.807) is 14.2 Å². The highest BCUT2D eigenvalue weighted by Crippen LogP contribution is 2.17. The van der Waals surface area contributed by atoms with Crippen molar-refractivity contribution < 1.29 is 8.85 Å². The van der Waals surface area contributed by atoms with Crippen LogP contribution in [0.15, 0.2) is 0 Å². The smallest absolute Gasteiger partial charge is 0.320 e. The van der Waals surface area contributed by atoms with Gasteiger partial charge in [0.05, 0.1) is 0 Å². The first-order valence-corrected chi connectivity index (χ1v) is 8.91. The van der Waals surface area contributed by atoms with Crippen molar-refractivity contribution in [1.82, 2.24) is 5.32 Å². The maximum Gasteiger partial charge on any atom is 0.320 e. The van der Waals surface area contributed by atoms with Gasteiger partial charge in [0.2, 0.25) is 0 Å². The lowest BCUT2D eigenvalue weighted by Gasteiger charge is -2.22. The molecular weight excluding hydrogens is 230 g/mol. The molecule has 0 atom stereocenters. The van der Waals surface area contributed by atoms with E-state index >= 15 is 0 Å². The van der Waals surface area contributed by atoms with Crippen LogP contribution < -0.4 is 5.32 Å². The van der Waals surface area contributed by atoms with Crippen molar-refractivity contribution in [2.75, 3.05) is 20.8 Å². The molecule has 0 aromatic heterocycles. The molecule has 1 rings (SSSR count). The van der Waals surface area contributed by atoms with E-state index in [0.29, 0.717) is 0 Å². The molecule has 102 valence electrons. The second-order valence-corrected chi connectivity index (χ2v) is 7.42. The summed E-state index contributed by atoms with van der Waals surface area (Å²) in [6.07, 6.45) is 10.9. The lowest BCUT2D eigenvalue weighted by Crippen LogP contribution is -2.31. The zero-order valence-electron chi connectivity index (χ0n) is 11.5. The second-order valence-electron chi connectivity index (χ2n) is 5.04. The zero-order chi connectivity index (χ0) is 12.3. The quantitative estimate of drug-likeness (QED) is 0.510. The number of rotatable bonds is 9. The zero-order valence-corrected chi connectivity index (χ0v) is 12.7. The first-order valence-electron chi connectivity index (χ1n) is 7.15. The molecule has 3 nitrogen and oxygen atoms in total. The molecule has 17 heavy (non-hydrogen) atoms. The third-order valence-corrected chi connectivity index (χ3v) is 5.61. The summed E-state index contributed by atoms with van der Waals surface area (Å²) in [5.74, 6) is 0. The molecule has 0 heterocycles. The van der Waals surface area contributed by atoms with Gasteiger partial charge in [-0.2, -0.15) is 0 Å². The van der Waals surface area contributed by atoms with Crippen LogP contribution in [0.2, 0.25) is 6.04 Å². The minimum atomic E-state index is -1.29. The van der Waals surface area contributed by atoms with Gasteiger partial charge in [-0.3, -0.25) is 0 Å². The summed E-state index contributed by atoms with van der Waals surface area (Å²) in [5.41, 5.74) is 0. The molecule has 1 fully saturated rings. The Labute approximate surface area is 108 Å². The summed E-state index contributed by atoms with van der Waals surface area (Å²) in [5, 5.41) is 3.69. The van der Waals surface area contributed by atoms with Crippen molar-refractivity contribution >= 4 is 9.28 Å². The standard InChI is InChI=1S/C13H29NO2Si/c1-15-17(16-2)12-8-4-7-11-14-13-9-5-3-6-10-13/h13-14,17H,3-12H2,1-2H3.